The summed E-state index contributed by atoms with van der Waals surface area (Å²) in [5.74, 6) is 0.648. The fraction of sp³-hybridized carbons (Fsp3) is 0. The lowest BCUT2D eigenvalue weighted by Gasteiger charge is -2.11. The van der Waals surface area contributed by atoms with E-state index in [0.717, 1.165) is 72.0 Å². The summed E-state index contributed by atoms with van der Waals surface area (Å²) in [4.78, 5) is 10.2. The zero-order valence-corrected chi connectivity index (χ0v) is 23.9. The van der Waals surface area contributed by atoms with Gasteiger partial charge in [-0.1, -0.05) is 91.0 Å². The molecule has 5 nitrogen and oxygen atoms in total. The van der Waals surface area contributed by atoms with Crippen molar-refractivity contribution in [2.45, 2.75) is 0 Å². The van der Waals surface area contributed by atoms with Crippen LogP contribution in [0.3, 0.4) is 0 Å². The maximum Gasteiger partial charge on any atom is 0.180 e. The van der Waals surface area contributed by atoms with Crippen LogP contribution in [-0.2, 0) is 0 Å². The maximum absolute atomic E-state index is 6.33. The zero-order chi connectivity index (χ0) is 29.5. The van der Waals surface area contributed by atoms with E-state index in [1.54, 1.807) is 0 Å². The molecule has 0 bridgehead atoms. The van der Waals surface area contributed by atoms with Crippen LogP contribution in [0, 0.1) is 0 Å². The van der Waals surface area contributed by atoms with Crippen LogP contribution in [0.15, 0.2) is 148 Å². The summed E-state index contributed by atoms with van der Waals surface area (Å²) < 4.78 is 15.0. The molecular formula is C40H23N3O2. The molecule has 0 unspecified atom stereocenters. The van der Waals surface area contributed by atoms with E-state index in [1.165, 1.54) is 10.8 Å². The molecular weight excluding hydrogens is 554 g/mol. The summed E-state index contributed by atoms with van der Waals surface area (Å²) in [7, 11) is 0. The molecule has 0 amide bonds. The Balaban J connectivity index is 1.23. The monoisotopic (exact) mass is 577 g/mol. The maximum atomic E-state index is 6.33. The van der Waals surface area contributed by atoms with Gasteiger partial charge in [0.15, 0.2) is 11.4 Å². The van der Waals surface area contributed by atoms with Gasteiger partial charge in [0, 0.05) is 49.8 Å². The normalized spacial score (nSPS) is 12.0. The number of hydrogen-bond donors (Lipinski definition) is 0. The zero-order valence-electron chi connectivity index (χ0n) is 23.9. The molecule has 0 atom stereocenters. The Labute approximate surface area is 256 Å². The Morgan fingerprint density at radius 1 is 0.444 bits per heavy atom. The van der Waals surface area contributed by atoms with Crippen LogP contribution in [0.2, 0.25) is 0 Å². The lowest BCUT2D eigenvalue weighted by Crippen LogP contribution is -1.97. The molecule has 4 heterocycles. The van der Waals surface area contributed by atoms with Crippen molar-refractivity contribution < 1.29 is 8.83 Å². The first-order valence-electron chi connectivity index (χ1n) is 15.0. The van der Waals surface area contributed by atoms with Gasteiger partial charge in [0.25, 0.3) is 0 Å². The number of rotatable bonds is 3. The van der Waals surface area contributed by atoms with E-state index in [2.05, 4.69) is 95.6 Å². The predicted octanol–water partition coefficient (Wildman–Crippen LogP) is 10.7. The molecule has 0 saturated heterocycles. The standard InChI is InChI=1S/C40H23N3O2/c1-2-11-24(12-3-1)37-39-38(29-17-6-9-20-35(29)45-39)42-40(41-37)25-13-10-14-26(21-25)43-32-18-7-4-15-27(32)30-22-31-28-16-5-8-19-34(28)44-36(31)23-33(30)43/h1-23H. The van der Waals surface area contributed by atoms with E-state index in [1.807, 2.05) is 48.5 Å². The van der Waals surface area contributed by atoms with E-state index in [-0.39, 0.29) is 0 Å². The SMILES string of the molecule is c1ccc(-c2nc(-c3cccc(-n4c5ccccc5c5cc6c(cc54)oc4ccccc46)c3)nc3c2oc2ccccc23)cc1. The van der Waals surface area contributed by atoms with Gasteiger partial charge >= 0.3 is 0 Å². The summed E-state index contributed by atoms with van der Waals surface area (Å²) in [6, 6.07) is 47.9. The summed E-state index contributed by atoms with van der Waals surface area (Å²) in [5, 5.41) is 5.60. The lowest BCUT2D eigenvalue weighted by atomic mass is 10.1. The first-order chi connectivity index (χ1) is 22.3. The smallest absolute Gasteiger partial charge is 0.180 e. The van der Waals surface area contributed by atoms with Crippen molar-refractivity contribution in [3.8, 4) is 28.3 Å². The number of benzene rings is 6. The lowest BCUT2D eigenvalue weighted by molar-refractivity contribution is 0.667. The van der Waals surface area contributed by atoms with Crippen LogP contribution in [-0.4, -0.2) is 14.5 Å². The number of fused-ring (bicyclic) bond motifs is 9. The van der Waals surface area contributed by atoms with Gasteiger partial charge in [0.1, 0.15) is 28.0 Å². The Hall–Kier alpha value is -6.20. The minimum atomic E-state index is 0.648. The van der Waals surface area contributed by atoms with Crippen LogP contribution in [0.5, 0.6) is 0 Å². The average molecular weight is 578 g/mol. The Morgan fingerprint density at radius 2 is 1.16 bits per heavy atom. The Morgan fingerprint density at radius 3 is 2.02 bits per heavy atom. The highest BCUT2D eigenvalue weighted by Crippen LogP contribution is 2.39. The number of hydrogen-bond acceptors (Lipinski definition) is 4. The Kier molecular flexibility index (Phi) is 4.93. The molecule has 4 aromatic heterocycles. The third kappa shape index (κ3) is 3.55. The highest BCUT2D eigenvalue weighted by atomic mass is 16.3. The molecule has 10 rings (SSSR count). The molecule has 0 aliphatic heterocycles. The average Bonchev–Trinajstić information content (AvgIpc) is 3.76. The van der Waals surface area contributed by atoms with Crippen LogP contribution in [0.25, 0.3) is 94.1 Å². The second-order valence-electron chi connectivity index (χ2n) is 11.4. The summed E-state index contributed by atoms with van der Waals surface area (Å²) in [5.41, 5.74) is 9.99. The van der Waals surface area contributed by atoms with E-state index in [9.17, 15) is 0 Å². The molecule has 45 heavy (non-hydrogen) atoms. The molecule has 210 valence electrons. The summed E-state index contributed by atoms with van der Waals surface area (Å²) in [6.45, 7) is 0. The molecule has 0 aliphatic rings. The second kappa shape index (κ2) is 9.15. The first-order valence-corrected chi connectivity index (χ1v) is 15.0. The quantitative estimate of drug-likeness (QED) is 0.210. The van der Waals surface area contributed by atoms with E-state index in [0.29, 0.717) is 11.4 Å². The van der Waals surface area contributed by atoms with Gasteiger partial charge in [-0.15, -0.1) is 0 Å². The minimum Gasteiger partial charge on any atom is -0.456 e. The third-order valence-corrected chi connectivity index (χ3v) is 8.80. The van der Waals surface area contributed by atoms with Crippen molar-refractivity contribution in [1.29, 1.82) is 0 Å². The number of furan rings is 2. The van der Waals surface area contributed by atoms with Crippen molar-refractivity contribution in [3.05, 3.63) is 140 Å². The second-order valence-corrected chi connectivity index (χ2v) is 11.4. The molecule has 0 spiro atoms. The van der Waals surface area contributed by atoms with Gasteiger partial charge in [-0.05, 0) is 42.5 Å². The highest BCUT2D eigenvalue weighted by Gasteiger charge is 2.20. The number of aromatic nitrogens is 3. The topological polar surface area (TPSA) is 57.0 Å². The number of para-hydroxylation sites is 3. The van der Waals surface area contributed by atoms with Crippen molar-refractivity contribution in [3.63, 3.8) is 0 Å². The van der Waals surface area contributed by atoms with Gasteiger partial charge in [0.2, 0.25) is 0 Å². The van der Waals surface area contributed by atoms with Crippen molar-refractivity contribution in [2.24, 2.45) is 0 Å². The molecule has 10 aromatic rings. The largest absolute Gasteiger partial charge is 0.456 e. The Bertz CT molecular complexity index is 2770. The van der Waals surface area contributed by atoms with Gasteiger partial charge in [-0.3, -0.25) is 0 Å². The number of nitrogens with zero attached hydrogens (tertiary/aromatic N) is 3. The van der Waals surface area contributed by atoms with Crippen LogP contribution in [0.4, 0.5) is 0 Å². The van der Waals surface area contributed by atoms with E-state index < -0.39 is 0 Å². The van der Waals surface area contributed by atoms with E-state index >= 15 is 0 Å². The summed E-state index contributed by atoms with van der Waals surface area (Å²) in [6.07, 6.45) is 0. The molecule has 0 aliphatic carbocycles. The fourth-order valence-electron chi connectivity index (χ4n) is 6.76. The van der Waals surface area contributed by atoms with Crippen LogP contribution in [0.1, 0.15) is 0 Å². The van der Waals surface area contributed by atoms with Crippen molar-refractivity contribution in [2.75, 3.05) is 0 Å². The van der Waals surface area contributed by atoms with E-state index in [4.69, 9.17) is 18.8 Å². The van der Waals surface area contributed by atoms with Gasteiger partial charge in [0.05, 0.1) is 11.0 Å². The summed E-state index contributed by atoms with van der Waals surface area (Å²) >= 11 is 0. The molecule has 5 heteroatoms. The highest BCUT2D eigenvalue weighted by molar-refractivity contribution is 6.17. The first kappa shape index (κ1) is 24.3. The fourth-order valence-corrected chi connectivity index (χ4v) is 6.76. The molecule has 0 radical (unpaired) electrons. The molecule has 0 saturated carbocycles. The van der Waals surface area contributed by atoms with Crippen LogP contribution < -0.4 is 0 Å². The van der Waals surface area contributed by atoms with Crippen LogP contribution >= 0.6 is 0 Å². The van der Waals surface area contributed by atoms with Gasteiger partial charge in [-0.2, -0.15) is 0 Å². The molecule has 0 N–H and O–H groups in total. The molecule has 0 fully saturated rings. The third-order valence-electron chi connectivity index (χ3n) is 8.80. The van der Waals surface area contributed by atoms with Gasteiger partial charge in [-0.25, -0.2) is 9.97 Å². The minimum absolute atomic E-state index is 0.648. The molecule has 6 aromatic carbocycles. The predicted molar refractivity (Wildman–Crippen MR) is 182 cm³/mol. The van der Waals surface area contributed by atoms with Gasteiger partial charge < -0.3 is 13.4 Å². The van der Waals surface area contributed by atoms with Crippen molar-refractivity contribution in [1.82, 2.24) is 14.5 Å². The van der Waals surface area contributed by atoms with Crippen molar-refractivity contribution >= 4 is 65.8 Å².